The maximum Gasteiger partial charge on any atom is 0.293 e. The minimum absolute atomic E-state index is 0.0662. The number of nitro groups is 1. The standard InChI is InChI=1S/C11H14N2O4S/c1-3-4-7-12-10-6-5-9(18(2,16)17)8-11(10)13(14)15/h3,5-6,8,12H,1,4,7H2,2H3. The van der Waals surface area contributed by atoms with Gasteiger partial charge in [0.1, 0.15) is 5.69 Å². The summed E-state index contributed by atoms with van der Waals surface area (Å²) in [5, 5.41) is 13.8. The molecule has 18 heavy (non-hydrogen) atoms. The lowest BCUT2D eigenvalue weighted by Gasteiger charge is -2.07. The predicted octanol–water partition coefficient (Wildman–Crippen LogP) is 1.99. The zero-order valence-electron chi connectivity index (χ0n) is 9.92. The molecule has 1 rings (SSSR count). The van der Waals surface area contributed by atoms with Gasteiger partial charge in [0.2, 0.25) is 0 Å². The summed E-state index contributed by atoms with van der Waals surface area (Å²) in [6.45, 7) is 4.05. The Kier molecular flexibility index (Phi) is 4.43. The first-order chi connectivity index (χ1) is 8.36. The first-order valence-corrected chi connectivity index (χ1v) is 7.08. The topological polar surface area (TPSA) is 89.3 Å². The molecule has 0 aliphatic carbocycles. The molecule has 0 spiro atoms. The Bertz CT molecular complexity index is 566. The fraction of sp³-hybridized carbons (Fsp3) is 0.273. The van der Waals surface area contributed by atoms with Gasteiger partial charge in [0.15, 0.2) is 9.84 Å². The van der Waals surface area contributed by atoms with Crippen LogP contribution in [-0.4, -0.2) is 26.1 Å². The van der Waals surface area contributed by atoms with Gasteiger partial charge in [0, 0.05) is 18.9 Å². The van der Waals surface area contributed by atoms with Gasteiger partial charge in [-0.25, -0.2) is 8.42 Å². The number of nitrogens with one attached hydrogen (secondary N) is 1. The highest BCUT2D eigenvalue weighted by molar-refractivity contribution is 7.90. The van der Waals surface area contributed by atoms with E-state index in [0.29, 0.717) is 18.7 Å². The molecule has 0 saturated heterocycles. The molecular weight excluding hydrogens is 256 g/mol. The van der Waals surface area contributed by atoms with E-state index in [2.05, 4.69) is 11.9 Å². The minimum Gasteiger partial charge on any atom is -0.379 e. The number of sulfone groups is 1. The van der Waals surface area contributed by atoms with Gasteiger partial charge in [-0.3, -0.25) is 10.1 Å². The van der Waals surface area contributed by atoms with Crippen LogP contribution in [0.25, 0.3) is 0 Å². The number of anilines is 1. The summed E-state index contributed by atoms with van der Waals surface area (Å²) in [5.41, 5.74) is 0.0521. The molecule has 6 nitrogen and oxygen atoms in total. The fourth-order valence-corrected chi connectivity index (χ4v) is 1.99. The third-order valence-electron chi connectivity index (χ3n) is 2.26. The van der Waals surface area contributed by atoms with Crippen LogP contribution in [0.3, 0.4) is 0 Å². The highest BCUT2D eigenvalue weighted by atomic mass is 32.2. The predicted molar refractivity (Wildman–Crippen MR) is 69.5 cm³/mol. The molecule has 1 aromatic carbocycles. The second kappa shape index (κ2) is 5.63. The average Bonchev–Trinajstić information content (AvgIpc) is 2.28. The molecule has 0 heterocycles. The number of hydrogen-bond acceptors (Lipinski definition) is 5. The summed E-state index contributed by atoms with van der Waals surface area (Å²) in [6, 6.07) is 3.81. The molecule has 0 aliphatic heterocycles. The van der Waals surface area contributed by atoms with Gasteiger partial charge < -0.3 is 5.32 Å². The van der Waals surface area contributed by atoms with Crippen molar-refractivity contribution in [1.82, 2.24) is 0 Å². The quantitative estimate of drug-likeness (QED) is 0.369. The van der Waals surface area contributed by atoms with E-state index in [9.17, 15) is 18.5 Å². The molecule has 7 heteroatoms. The lowest BCUT2D eigenvalue weighted by Crippen LogP contribution is -2.05. The van der Waals surface area contributed by atoms with E-state index in [-0.39, 0.29) is 10.6 Å². The number of hydrogen-bond donors (Lipinski definition) is 1. The summed E-state index contributed by atoms with van der Waals surface area (Å²) >= 11 is 0. The molecule has 1 aromatic rings. The average molecular weight is 270 g/mol. The van der Waals surface area contributed by atoms with E-state index in [4.69, 9.17) is 0 Å². The summed E-state index contributed by atoms with van der Waals surface area (Å²) in [6.07, 6.45) is 3.35. The van der Waals surface area contributed by atoms with Crippen LogP contribution >= 0.6 is 0 Å². The third kappa shape index (κ3) is 3.56. The number of rotatable bonds is 6. The van der Waals surface area contributed by atoms with E-state index in [1.165, 1.54) is 12.1 Å². The van der Waals surface area contributed by atoms with Crippen molar-refractivity contribution in [2.24, 2.45) is 0 Å². The summed E-state index contributed by atoms with van der Waals surface area (Å²) < 4.78 is 22.6. The second-order valence-corrected chi connectivity index (χ2v) is 5.73. The lowest BCUT2D eigenvalue weighted by atomic mass is 10.2. The first kappa shape index (κ1) is 14.2. The molecule has 0 unspecified atom stereocenters. The Balaban J connectivity index is 3.13. The van der Waals surface area contributed by atoms with Gasteiger partial charge in [-0.2, -0.15) is 0 Å². The van der Waals surface area contributed by atoms with Crippen molar-refractivity contribution in [3.05, 3.63) is 41.0 Å². The van der Waals surface area contributed by atoms with Gasteiger partial charge in [-0.05, 0) is 18.6 Å². The Morgan fingerprint density at radius 1 is 1.50 bits per heavy atom. The second-order valence-electron chi connectivity index (χ2n) is 3.71. The maximum absolute atomic E-state index is 11.3. The van der Waals surface area contributed by atoms with Gasteiger partial charge in [-0.1, -0.05) is 6.08 Å². The highest BCUT2D eigenvalue weighted by Crippen LogP contribution is 2.27. The van der Waals surface area contributed by atoms with Crippen molar-refractivity contribution in [1.29, 1.82) is 0 Å². The summed E-state index contributed by atoms with van der Waals surface area (Å²) in [5.74, 6) is 0. The summed E-state index contributed by atoms with van der Waals surface area (Å²) in [4.78, 5) is 10.2. The van der Waals surface area contributed by atoms with Crippen LogP contribution in [0.15, 0.2) is 35.7 Å². The molecule has 0 fully saturated rings. The Labute approximate surface area is 105 Å². The highest BCUT2D eigenvalue weighted by Gasteiger charge is 2.18. The number of benzene rings is 1. The Morgan fingerprint density at radius 3 is 2.67 bits per heavy atom. The van der Waals surface area contributed by atoms with Crippen LogP contribution in [0.2, 0.25) is 0 Å². The van der Waals surface area contributed by atoms with Crippen LogP contribution in [0.1, 0.15) is 6.42 Å². The van der Waals surface area contributed by atoms with Crippen LogP contribution in [0, 0.1) is 10.1 Å². The van der Waals surface area contributed by atoms with E-state index >= 15 is 0 Å². The lowest BCUT2D eigenvalue weighted by molar-refractivity contribution is -0.384. The maximum atomic E-state index is 11.3. The molecule has 0 atom stereocenters. The Hall–Kier alpha value is -1.89. The molecular formula is C11H14N2O4S. The fourth-order valence-electron chi connectivity index (χ4n) is 1.35. The van der Waals surface area contributed by atoms with Crippen molar-refractivity contribution in [3.63, 3.8) is 0 Å². The molecule has 0 bridgehead atoms. The van der Waals surface area contributed by atoms with E-state index in [1.807, 2.05) is 0 Å². The van der Waals surface area contributed by atoms with Gasteiger partial charge in [0.05, 0.1) is 9.82 Å². The number of nitrogens with zero attached hydrogens (tertiary/aromatic N) is 1. The van der Waals surface area contributed by atoms with Gasteiger partial charge >= 0.3 is 0 Å². The van der Waals surface area contributed by atoms with Crippen molar-refractivity contribution in [2.45, 2.75) is 11.3 Å². The monoisotopic (exact) mass is 270 g/mol. The van der Waals surface area contributed by atoms with Crippen LogP contribution < -0.4 is 5.32 Å². The SMILES string of the molecule is C=CCCNc1ccc(S(C)(=O)=O)cc1[N+](=O)[O-]. The van der Waals surface area contributed by atoms with Crippen molar-refractivity contribution in [3.8, 4) is 0 Å². The molecule has 0 aromatic heterocycles. The molecule has 0 saturated carbocycles. The van der Waals surface area contributed by atoms with Crippen molar-refractivity contribution < 1.29 is 13.3 Å². The molecule has 0 amide bonds. The van der Waals surface area contributed by atoms with Gasteiger partial charge in [-0.15, -0.1) is 6.58 Å². The van der Waals surface area contributed by atoms with Crippen LogP contribution in [0.5, 0.6) is 0 Å². The number of nitro benzene ring substituents is 1. The first-order valence-electron chi connectivity index (χ1n) is 5.19. The van der Waals surface area contributed by atoms with E-state index < -0.39 is 14.8 Å². The van der Waals surface area contributed by atoms with Crippen LogP contribution in [-0.2, 0) is 9.84 Å². The molecule has 0 radical (unpaired) electrons. The van der Waals surface area contributed by atoms with Crippen molar-refractivity contribution >= 4 is 21.2 Å². The van der Waals surface area contributed by atoms with E-state index in [1.54, 1.807) is 6.08 Å². The Morgan fingerprint density at radius 2 is 2.17 bits per heavy atom. The largest absolute Gasteiger partial charge is 0.379 e. The zero-order valence-corrected chi connectivity index (χ0v) is 10.7. The molecule has 1 N–H and O–H groups in total. The minimum atomic E-state index is -3.45. The van der Waals surface area contributed by atoms with Crippen molar-refractivity contribution in [2.75, 3.05) is 18.1 Å². The third-order valence-corrected chi connectivity index (χ3v) is 3.37. The molecule has 98 valence electrons. The smallest absolute Gasteiger partial charge is 0.293 e. The zero-order chi connectivity index (χ0) is 13.8. The normalized spacial score (nSPS) is 10.9. The summed E-state index contributed by atoms with van der Waals surface area (Å²) in [7, 11) is -3.45. The van der Waals surface area contributed by atoms with Crippen LogP contribution in [0.4, 0.5) is 11.4 Å². The van der Waals surface area contributed by atoms with E-state index in [0.717, 1.165) is 12.3 Å². The van der Waals surface area contributed by atoms with Gasteiger partial charge in [0.25, 0.3) is 5.69 Å². The molecule has 0 aliphatic rings.